The summed E-state index contributed by atoms with van der Waals surface area (Å²) in [5.74, 6) is 0.383. The zero-order valence-electron chi connectivity index (χ0n) is 17.5. The van der Waals surface area contributed by atoms with Crippen LogP contribution < -0.4 is 0 Å². The summed E-state index contributed by atoms with van der Waals surface area (Å²) >= 11 is 0. The predicted octanol–water partition coefficient (Wildman–Crippen LogP) is 4.14. The van der Waals surface area contributed by atoms with Crippen molar-refractivity contribution in [1.29, 1.82) is 0 Å². The third-order valence-corrected chi connectivity index (χ3v) is 9.21. The number of Topliss-reactive ketones (excluding diaryl/α,β-unsaturated/α-hetero) is 2. The van der Waals surface area contributed by atoms with E-state index in [9.17, 15) is 18.0 Å². The SMILES string of the molecule is O=C1CC[C@H](C[C@@H](C(=O)Cc2ccon2)c2ccc(S(=O)(=O)C3CC3)c(C3CC3)c2)C1. The van der Waals surface area contributed by atoms with E-state index >= 15 is 0 Å². The summed E-state index contributed by atoms with van der Waals surface area (Å²) in [4.78, 5) is 25.6. The van der Waals surface area contributed by atoms with Gasteiger partial charge in [0.15, 0.2) is 9.84 Å². The summed E-state index contributed by atoms with van der Waals surface area (Å²) in [6.45, 7) is 0. The Bertz CT molecular complexity index is 1100. The smallest absolute Gasteiger partial charge is 0.181 e. The third-order valence-electron chi connectivity index (χ3n) is 6.88. The van der Waals surface area contributed by atoms with Gasteiger partial charge in [-0.05, 0) is 67.6 Å². The molecule has 0 aliphatic heterocycles. The minimum Gasteiger partial charge on any atom is -0.364 e. The van der Waals surface area contributed by atoms with Gasteiger partial charge in [-0.15, -0.1) is 0 Å². The van der Waals surface area contributed by atoms with Gasteiger partial charge in [-0.2, -0.15) is 0 Å². The fourth-order valence-corrected chi connectivity index (χ4v) is 6.75. The fraction of sp³-hybridized carbons (Fsp3) is 0.542. The Kier molecular flexibility index (Phi) is 5.32. The van der Waals surface area contributed by atoms with Gasteiger partial charge in [0.05, 0.1) is 22.3 Å². The molecule has 1 aromatic carbocycles. The number of aromatic nitrogens is 1. The zero-order chi connectivity index (χ0) is 21.6. The lowest BCUT2D eigenvalue weighted by Crippen LogP contribution is -2.19. The molecule has 0 amide bonds. The minimum atomic E-state index is -3.29. The van der Waals surface area contributed by atoms with Crippen molar-refractivity contribution < 1.29 is 22.5 Å². The number of carbonyl (C=O) groups is 2. The number of benzene rings is 1. The first-order valence-corrected chi connectivity index (χ1v) is 12.8. The Morgan fingerprint density at radius 2 is 1.94 bits per heavy atom. The first-order valence-electron chi connectivity index (χ1n) is 11.2. The molecule has 5 rings (SSSR count). The summed E-state index contributed by atoms with van der Waals surface area (Å²) < 4.78 is 30.8. The Morgan fingerprint density at radius 1 is 1.13 bits per heavy atom. The monoisotopic (exact) mass is 441 g/mol. The number of hydrogen-bond acceptors (Lipinski definition) is 6. The lowest BCUT2D eigenvalue weighted by atomic mass is 9.83. The number of carbonyl (C=O) groups excluding carboxylic acids is 2. The average Bonchev–Trinajstić information content (AvgIpc) is 3.67. The van der Waals surface area contributed by atoms with Crippen LogP contribution in [0.1, 0.15) is 80.0 Å². The molecule has 3 fully saturated rings. The Hall–Kier alpha value is -2.28. The zero-order valence-corrected chi connectivity index (χ0v) is 18.3. The molecule has 3 aliphatic carbocycles. The molecule has 6 nitrogen and oxygen atoms in total. The quantitative estimate of drug-likeness (QED) is 0.580. The Labute approximate surface area is 182 Å². The van der Waals surface area contributed by atoms with E-state index in [0.29, 0.717) is 29.9 Å². The van der Waals surface area contributed by atoms with Crippen molar-refractivity contribution in [1.82, 2.24) is 5.16 Å². The molecular formula is C24H27NO5S. The van der Waals surface area contributed by atoms with Gasteiger partial charge in [-0.25, -0.2) is 8.42 Å². The van der Waals surface area contributed by atoms with Crippen LogP contribution in [0.3, 0.4) is 0 Å². The van der Waals surface area contributed by atoms with Crippen molar-refractivity contribution in [2.24, 2.45) is 5.92 Å². The van der Waals surface area contributed by atoms with Gasteiger partial charge in [0.1, 0.15) is 17.8 Å². The van der Waals surface area contributed by atoms with Crippen molar-refractivity contribution in [3.8, 4) is 0 Å². The molecule has 1 heterocycles. The van der Waals surface area contributed by atoms with E-state index in [1.807, 2.05) is 12.1 Å². The van der Waals surface area contributed by atoms with Crippen LogP contribution >= 0.6 is 0 Å². The van der Waals surface area contributed by atoms with Crippen molar-refractivity contribution in [2.45, 2.75) is 79.8 Å². The molecule has 164 valence electrons. The lowest BCUT2D eigenvalue weighted by molar-refractivity contribution is -0.121. The largest absolute Gasteiger partial charge is 0.364 e. The molecule has 0 unspecified atom stereocenters. The number of ketones is 2. The molecule has 0 radical (unpaired) electrons. The molecule has 7 heteroatoms. The number of nitrogens with zero attached hydrogens (tertiary/aromatic N) is 1. The maximum atomic E-state index is 13.3. The summed E-state index contributed by atoms with van der Waals surface area (Å²) in [6, 6.07) is 7.21. The molecule has 0 spiro atoms. The van der Waals surface area contributed by atoms with Crippen molar-refractivity contribution in [3.05, 3.63) is 47.3 Å². The maximum Gasteiger partial charge on any atom is 0.181 e. The van der Waals surface area contributed by atoms with Crippen LogP contribution in [0, 0.1) is 5.92 Å². The highest BCUT2D eigenvalue weighted by molar-refractivity contribution is 7.92. The minimum absolute atomic E-state index is 0.0350. The van der Waals surface area contributed by atoms with Crippen LogP contribution in [0.5, 0.6) is 0 Å². The number of hydrogen-bond donors (Lipinski definition) is 0. The predicted molar refractivity (Wildman–Crippen MR) is 114 cm³/mol. The van der Waals surface area contributed by atoms with Crippen molar-refractivity contribution in [2.75, 3.05) is 0 Å². The Balaban J connectivity index is 1.48. The van der Waals surface area contributed by atoms with Gasteiger partial charge >= 0.3 is 0 Å². The van der Waals surface area contributed by atoms with E-state index in [1.165, 1.54) is 6.26 Å². The Morgan fingerprint density at radius 3 is 2.55 bits per heavy atom. The molecule has 1 aromatic heterocycles. The summed E-state index contributed by atoms with van der Waals surface area (Å²) in [5.41, 5.74) is 2.34. The van der Waals surface area contributed by atoms with Gasteiger partial charge in [-0.3, -0.25) is 9.59 Å². The molecule has 31 heavy (non-hydrogen) atoms. The van der Waals surface area contributed by atoms with E-state index in [1.54, 1.807) is 12.1 Å². The van der Waals surface area contributed by atoms with E-state index < -0.39 is 9.84 Å². The maximum absolute atomic E-state index is 13.3. The van der Waals surface area contributed by atoms with Crippen LogP contribution in [0.15, 0.2) is 39.9 Å². The van der Waals surface area contributed by atoms with Crippen LogP contribution in [0.4, 0.5) is 0 Å². The summed E-state index contributed by atoms with van der Waals surface area (Å²) in [7, 11) is -3.29. The molecule has 2 atom stereocenters. The number of sulfone groups is 1. The van der Waals surface area contributed by atoms with E-state index in [2.05, 4.69) is 5.16 Å². The first kappa shape index (κ1) is 20.6. The normalized spacial score (nSPS) is 22.6. The second-order valence-corrected chi connectivity index (χ2v) is 11.6. The van der Waals surface area contributed by atoms with Crippen molar-refractivity contribution in [3.63, 3.8) is 0 Å². The van der Waals surface area contributed by atoms with Crippen LogP contribution in [0.25, 0.3) is 0 Å². The average molecular weight is 442 g/mol. The van der Waals surface area contributed by atoms with Gasteiger partial charge in [0, 0.05) is 24.8 Å². The summed E-state index contributed by atoms with van der Waals surface area (Å²) in [5, 5.41) is 3.63. The fourth-order valence-electron chi connectivity index (χ4n) is 4.82. The molecule has 0 bridgehead atoms. The molecule has 3 saturated carbocycles. The standard InChI is InChI=1S/C24H27NO5S/c26-19-5-1-15(11-19)12-21(23(27)14-18-9-10-30-25-18)17-4-8-24(22(13-17)16-2-3-16)31(28,29)20-6-7-20/h4,8-10,13,15-16,20-21H,1-3,5-7,11-12,14H2/t15-,21+/m0/s1. The van der Waals surface area contributed by atoms with Gasteiger partial charge in [0.25, 0.3) is 0 Å². The topological polar surface area (TPSA) is 94.3 Å². The highest BCUT2D eigenvalue weighted by Gasteiger charge is 2.41. The van der Waals surface area contributed by atoms with Crippen LogP contribution in [-0.2, 0) is 25.8 Å². The molecule has 2 aromatic rings. The summed E-state index contributed by atoms with van der Waals surface area (Å²) in [6.07, 6.45) is 7.62. The van der Waals surface area contributed by atoms with Crippen molar-refractivity contribution >= 4 is 21.4 Å². The van der Waals surface area contributed by atoms with Crippen LogP contribution in [-0.4, -0.2) is 30.4 Å². The van der Waals surface area contributed by atoms with E-state index in [-0.39, 0.29) is 41.0 Å². The van der Waals surface area contributed by atoms with E-state index in [0.717, 1.165) is 43.2 Å². The van der Waals surface area contributed by atoms with Gasteiger partial charge in [-0.1, -0.05) is 17.3 Å². The highest BCUT2D eigenvalue weighted by Crippen LogP contribution is 2.47. The third kappa shape index (κ3) is 4.38. The second-order valence-electron chi connectivity index (χ2n) is 9.39. The number of rotatable bonds is 9. The molecule has 0 saturated heterocycles. The molecule has 3 aliphatic rings. The molecule has 0 N–H and O–H groups in total. The van der Waals surface area contributed by atoms with Gasteiger partial charge in [0.2, 0.25) is 0 Å². The second kappa shape index (κ2) is 8.01. The lowest BCUT2D eigenvalue weighted by Gasteiger charge is -2.21. The van der Waals surface area contributed by atoms with Crippen LogP contribution in [0.2, 0.25) is 0 Å². The first-order chi connectivity index (χ1) is 14.9. The highest BCUT2D eigenvalue weighted by atomic mass is 32.2. The molecular weight excluding hydrogens is 414 g/mol. The van der Waals surface area contributed by atoms with Gasteiger partial charge < -0.3 is 4.52 Å². The van der Waals surface area contributed by atoms with E-state index in [4.69, 9.17) is 4.52 Å².